The van der Waals surface area contributed by atoms with E-state index in [2.05, 4.69) is 31.4 Å². The number of nitrogens with two attached hydrogens (primary N) is 1. The first-order valence-corrected chi connectivity index (χ1v) is 6.59. The summed E-state index contributed by atoms with van der Waals surface area (Å²) in [6.07, 6.45) is 0.524. The first-order valence-electron chi connectivity index (χ1n) is 5.04. The largest absolute Gasteiger partial charge is 0.408 e. The summed E-state index contributed by atoms with van der Waals surface area (Å²) >= 11 is 15.4. The lowest BCUT2D eigenvalue weighted by atomic mass is 10.3. The van der Waals surface area contributed by atoms with Crippen molar-refractivity contribution in [3.63, 3.8) is 0 Å². The molecule has 3 N–H and O–H groups in total. The fourth-order valence-corrected chi connectivity index (χ4v) is 2.60. The predicted molar refractivity (Wildman–Crippen MR) is 74.5 cm³/mol. The zero-order valence-corrected chi connectivity index (χ0v) is 12.2. The highest BCUT2D eigenvalue weighted by molar-refractivity contribution is 9.10. The Morgan fingerprint density at radius 2 is 1.94 bits per heavy atom. The minimum Gasteiger partial charge on any atom is -0.408 e. The van der Waals surface area contributed by atoms with Crippen LogP contribution in [-0.4, -0.2) is 16.7 Å². The van der Waals surface area contributed by atoms with E-state index in [0.29, 0.717) is 34.6 Å². The van der Waals surface area contributed by atoms with Crippen molar-refractivity contribution >= 4 is 50.8 Å². The zero-order chi connectivity index (χ0) is 13.1. The van der Waals surface area contributed by atoms with Gasteiger partial charge < -0.3 is 15.5 Å². The van der Waals surface area contributed by atoms with Crippen LogP contribution in [0.1, 0.15) is 5.89 Å². The van der Waals surface area contributed by atoms with Crippen molar-refractivity contribution < 1.29 is 4.42 Å². The van der Waals surface area contributed by atoms with E-state index in [1.807, 2.05) is 0 Å². The Bertz CT molecular complexity index is 538. The molecule has 0 fully saturated rings. The normalized spacial score (nSPS) is 10.7. The molecule has 1 heterocycles. The molecule has 96 valence electrons. The van der Waals surface area contributed by atoms with E-state index in [0.717, 1.165) is 4.47 Å². The minimum absolute atomic E-state index is 0.226. The lowest BCUT2D eigenvalue weighted by Gasteiger charge is -2.07. The van der Waals surface area contributed by atoms with Crippen LogP contribution < -0.4 is 11.1 Å². The van der Waals surface area contributed by atoms with Gasteiger partial charge in [-0.1, -0.05) is 44.2 Å². The number of nitrogens with one attached hydrogen (secondary N) is 1. The van der Waals surface area contributed by atoms with Crippen molar-refractivity contribution in [3.05, 3.63) is 32.5 Å². The monoisotopic (exact) mass is 350 g/mol. The van der Waals surface area contributed by atoms with Gasteiger partial charge in [0.15, 0.2) is 0 Å². The molecule has 0 saturated heterocycles. The molecular formula is C10H9BrCl2N4O. The Morgan fingerprint density at radius 3 is 2.56 bits per heavy atom. The molecule has 1 aromatic heterocycles. The van der Waals surface area contributed by atoms with E-state index < -0.39 is 0 Å². The van der Waals surface area contributed by atoms with Gasteiger partial charge in [-0.25, -0.2) is 0 Å². The second-order valence-corrected chi connectivity index (χ2v) is 5.14. The van der Waals surface area contributed by atoms with Crippen LogP contribution >= 0.6 is 39.1 Å². The maximum atomic E-state index is 6.07. The first kappa shape index (κ1) is 13.6. The number of nitrogens with zero attached hydrogens (tertiary/aromatic N) is 2. The van der Waals surface area contributed by atoms with Crippen molar-refractivity contribution in [2.75, 3.05) is 11.9 Å². The average Bonchev–Trinajstić information content (AvgIpc) is 2.72. The van der Waals surface area contributed by atoms with Crippen LogP contribution in [0.3, 0.4) is 0 Å². The molecule has 0 atom stereocenters. The van der Waals surface area contributed by atoms with E-state index in [4.69, 9.17) is 33.4 Å². The van der Waals surface area contributed by atoms with Crippen LogP contribution in [0.2, 0.25) is 10.0 Å². The summed E-state index contributed by atoms with van der Waals surface area (Å²) in [6, 6.07) is 3.66. The third-order valence-corrected chi connectivity index (χ3v) is 3.12. The van der Waals surface area contributed by atoms with E-state index >= 15 is 0 Å². The molecule has 0 aliphatic heterocycles. The molecule has 2 aromatic rings. The van der Waals surface area contributed by atoms with E-state index in [9.17, 15) is 0 Å². The summed E-state index contributed by atoms with van der Waals surface area (Å²) < 4.78 is 6.12. The van der Waals surface area contributed by atoms with Gasteiger partial charge in [0.05, 0.1) is 15.7 Å². The fraction of sp³-hybridized carbons (Fsp3) is 0.200. The number of aromatic nitrogens is 2. The van der Waals surface area contributed by atoms with Crippen LogP contribution in [0.5, 0.6) is 0 Å². The summed E-state index contributed by atoms with van der Waals surface area (Å²) in [7, 11) is 0. The Hall–Kier alpha value is -0.820. The van der Waals surface area contributed by atoms with Gasteiger partial charge in [-0.15, -0.1) is 5.10 Å². The highest BCUT2D eigenvalue weighted by Gasteiger charge is 2.11. The average molecular weight is 352 g/mol. The third-order valence-electron chi connectivity index (χ3n) is 2.06. The topological polar surface area (TPSA) is 77.0 Å². The standard InChI is InChI=1S/C10H9BrCl2N4O/c11-5-3-6(12)9(7(13)4-5)15-10-17-16-8(18-10)1-2-14/h3-4H,1-2,14H2,(H,15,17). The Balaban J connectivity index is 2.22. The summed E-state index contributed by atoms with van der Waals surface area (Å²) in [5, 5.41) is 11.4. The number of hydrogen-bond acceptors (Lipinski definition) is 5. The molecule has 0 aliphatic rings. The number of halogens is 3. The molecule has 0 amide bonds. The van der Waals surface area contributed by atoms with Crippen molar-refractivity contribution in [2.45, 2.75) is 6.42 Å². The second-order valence-electron chi connectivity index (χ2n) is 3.41. The molecule has 0 spiro atoms. The van der Waals surface area contributed by atoms with Crippen LogP contribution in [-0.2, 0) is 6.42 Å². The maximum Gasteiger partial charge on any atom is 0.320 e. The van der Waals surface area contributed by atoms with Crippen molar-refractivity contribution in [1.82, 2.24) is 10.2 Å². The Kier molecular flexibility index (Phi) is 4.45. The highest BCUT2D eigenvalue weighted by atomic mass is 79.9. The molecule has 18 heavy (non-hydrogen) atoms. The van der Waals surface area contributed by atoms with Crippen LogP contribution in [0.25, 0.3) is 0 Å². The van der Waals surface area contributed by atoms with Gasteiger partial charge in [0, 0.05) is 17.4 Å². The van der Waals surface area contributed by atoms with Crippen LogP contribution in [0.15, 0.2) is 21.0 Å². The molecule has 8 heteroatoms. The molecule has 2 rings (SSSR count). The smallest absolute Gasteiger partial charge is 0.320 e. The summed E-state index contributed by atoms with van der Waals surface area (Å²) in [5.74, 6) is 0.462. The molecule has 5 nitrogen and oxygen atoms in total. The molecule has 0 saturated carbocycles. The number of rotatable bonds is 4. The van der Waals surface area contributed by atoms with E-state index in [-0.39, 0.29) is 6.01 Å². The lowest BCUT2D eigenvalue weighted by Crippen LogP contribution is -2.02. The Morgan fingerprint density at radius 1 is 1.28 bits per heavy atom. The van der Waals surface area contributed by atoms with Crippen molar-refractivity contribution in [3.8, 4) is 0 Å². The number of benzene rings is 1. The van der Waals surface area contributed by atoms with Crippen LogP contribution in [0, 0.1) is 0 Å². The minimum atomic E-state index is 0.226. The maximum absolute atomic E-state index is 6.07. The Labute approximate surface area is 122 Å². The molecule has 1 aromatic carbocycles. The van der Waals surface area contributed by atoms with Crippen LogP contribution in [0.4, 0.5) is 11.7 Å². The fourth-order valence-electron chi connectivity index (χ4n) is 1.30. The second kappa shape index (κ2) is 5.88. The number of anilines is 2. The van der Waals surface area contributed by atoms with Gasteiger partial charge in [0.1, 0.15) is 0 Å². The first-order chi connectivity index (χ1) is 8.60. The highest BCUT2D eigenvalue weighted by Crippen LogP contribution is 2.35. The number of hydrogen-bond donors (Lipinski definition) is 2. The molecule has 0 radical (unpaired) electrons. The van der Waals surface area contributed by atoms with Gasteiger partial charge in [-0.3, -0.25) is 0 Å². The van der Waals surface area contributed by atoms with Gasteiger partial charge >= 0.3 is 6.01 Å². The lowest BCUT2D eigenvalue weighted by molar-refractivity contribution is 0.510. The van der Waals surface area contributed by atoms with E-state index in [1.165, 1.54) is 0 Å². The predicted octanol–water partition coefficient (Wildman–Crippen LogP) is 3.38. The van der Waals surface area contributed by atoms with E-state index in [1.54, 1.807) is 12.1 Å². The quantitative estimate of drug-likeness (QED) is 0.882. The molecule has 0 aliphatic carbocycles. The third kappa shape index (κ3) is 3.14. The van der Waals surface area contributed by atoms with Gasteiger partial charge in [-0.2, -0.15) is 0 Å². The summed E-state index contributed by atoms with van der Waals surface area (Å²) in [6.45, 7) is 0.446. The van der Waals surface area contributed by atoms with Crippen molar-refractivity contribution in [1.29, 1.82) is 0 Å². The SMILES string of the molecule is NCCc1nnc(Nc2c(Cl)cc(Br)cc2Cl)o1. The summed E-state index contributed by atoms with van der Waals surface area (Å²) in [5.41, 5.74) is 5.91. The van der Waals surface area contributed by atoms with Gasteiger partial charge in [0.25, 0.3) is 0 Å². The molecule has 0 unspecified atom stereocenters. The van der Waals surface area contributed by atoms with Crippen molar-refractivity contribution in [2.24, 2.45) is 5.73 Å². The zero-order valence-electron chi connectivity index (χ0n) is 9.08. The summed E-state index contributed by atoms with van der Waals surface area (Å²) in [4.78, 5) is 0. The molecular weight excluding hydrogens is 343 g/mol. The molecule has 0 bridgehead atoms. The van der Waals surface area contributed by atoms with Gasteiger partial charge in [-0.05, 0) is 12.1 Å². The van der Waals surface area contributed by atoms with Gasteiger partial charge in [0.2, 0.25) is 5.89 Å².